The van der Waals surface area contributed by atoms with Gasteiger partial charge in [-0.25, -0.2) is 4.39 Å². The smallest absolute Gasteiger partial charge is 0.269 e. The Kier molecular flexibility index (Phi) is 4.17. The van der Waals surface area contributed by atoms with E-state index in [-0.39, 0.29) is 17.5 Å². The molecule has 1 aromatic carbocycles. The van der Waals surface area contributed by atoms with E-state index < -0.39 is 4.92 Å². The lowest BCUT2D eigenvalue weighted by Gasteiger charge is -2.43. The normalized spacial score (nSPS) is 21.8. The highest BCUT2D eigenvalue weighted by atomic mass is 19.1. The minimum atomic E-state index is -0.446. The molecule has 3 rings (SSSR count). The SMILES string of the molecule is O=[N+]([O-])c1ccc(F)c([C@@H](C2CCC2)N2CCNCC2)c1. The molecule has 5 nitrogen and oxygen atoms in total. The number of non-ortho nitro benzene ring substituents is 1. The molecule has 0 amide bonds. The maximum atomic E-state index is 14.3. The Balaban J connectivity index is 1.94. The van der Waals surface area contributed by atoms with Crippen molar-refractivity contribution in [1.29, 1.82) is 0 Å². The molecule has 1 heterocycles. The van der Waals surface area contributed by atoms with Gasteiger partial charge in [0.25, 0.3) is 5.69 Å². The molecule has 1 saturated carbocycles. The molecule has 21 heavy (non-hydrogen) atoms. The lowest BCUT2D eigenvalue weighted by molar-refractivity contribution is -0.385. The van der Waals surface area contributed by atoms with Crippen LogP contribution in [0.3, 0.4) is 0 Å². The third-order valence-electron chi connectivity index (χ3n) is 4.65. The van der Waals surface area contributed by atoms with Crippen LogP contribution in [0.5, 0.6) is 0 Å². The van der Waals surface area contributed by atoms with Crippen LogP contribution in [0.2, 0.25) is 0 Å². The van der Waals surface area contributed by atoms with Gasteiger partial charge in [-0.2, -0.15) is 0 Å². The molecule has 0 aromatic heterocycles. The standard InChI is InChI=1S/C15H20FN3O2/c16-14-5-4-12(19(20)21)10-13(14)15(11-2-1-3-11)18-8-6-17-7-9-18/h4-5,10-11,15,17H,1-3,6-9H2/t15-/m1/s1. The van der Waals surface area contributed by atoms with Crippen LogP contribution >= 0.6 is 0 Å². The summed E-state index contributed by atoms with van der Waals surface area (Å²) in [4.78, 5) is 12.8. The average molecular weight is 293 g/mol. The first-order valence-electron chi connectivity index (χ1n) is 7.55. The fourth-order valence-corrected chi connectivity index (χ4v) is 3.34. The second-order valence-corrected chi connectivity index (χ2v) is 5.88. The monoisotopic (exact) mass is 293 g/mol. The van der Waals surface area contributed by atoms with Crippen molar-refractivity contribution in [3.63, 3.8) is 0 Å². The van der Waals surface area contributed by atoms with Gasteiger partial charge in [-0.1, -0.05) is 6.42 Å². The van der Waals surface area contributed by atoms with E-state index in [1.807, 2.05) is 0 Å². The first kappa shape index (κ1) is 14.4. The summed E-state index contributed by atoms with van der Waals surface area (Å²) in [6.45, 7) is 3.51. The van der Waals surface area contributed by atoms with Gasteiger partial charge in [0.1, 0.15) is 5.82 Å². The molecule has 1 aliphatic carbocycles. The Hall–Kier alpha value is -1.53. The van der Waals surface area contributed by atoms with E-state index in [1.54, 1.807) is 0 Å². The van der Waals surface area contributed by atoms with Crippen LogP contribution in [0, 0.1) is 21.8 Å². The molecular weight excluding hydrogens is 273 g/mol. The van der Waals surface area contributed by atoms with Crippen LogP contribution in [0.15, 0.2) is 18.2 Å². The number of halogens is 1. The molecule has 1 saturated heterocycles. The summed E-state index contributed by atoms with van der Waals surface area (Å²) >= 11 is 0. The zero-order valence-corrected chi connectivity index (χ0v) is 11.9. The van der Waals surface area contributed by atoms with Crippen molar-refractivity contribution in [2.24, 2.45) is 5.92 Å². The summed E-state index contributed by atoms with van der Waals surface area (Å²) in [6.07, 6.45) is 3.33. The number of rotatable bonds is 4. The molecule has 1 aliphatic heterocycles. The van der Waals surface area contributed by atoms with Crippen LogP contribution in [0.1, 0.15) is 30.9 Å². The second kappa shape index (κ2) is 6.07. The Morgan fingerprint density at radius 1 is 1.33 bits per heavy atom. The lowest BCUT2D eigenvalue weighted by atomic mass is 9.76. The minimum Gasteiger partial charge on any atom is -0.314 e. The fraction of sp³-hybridized carbons (Fsp3) is 0.600. The van der Waals surface area contributed by atoms with E-state index in [2.05, 4.69) is 10.2 Å². The van der Waals surface area contributed by atoms with Crippen LogP contribution in [0.4, 0.5) is 10.1 Å². The van der Waals surface area contributed by atoms with Gasteiger partial charge in [0, 0.05) is 49.9 Å². The summed E-state index contributed by atoms with van der Waals surface area (Å²) in [5, 5.41) is 14.3. The van der Waals surface area contributed by atoms with Gasteiger partial charge in [-0.15, -0.1) is 0 Å². The van der Waals surface area contributed by atoms with E-state index in [1.165, 1.54) is 24.6 Å². The molecule has 6 heteroatoms. The topological polar surface area (TPSA) is 58.4 Å². The molecule has 1 aromatic rings. The molecule has 0 unspecified atom stereocenters. The first-order valence-corrected chi connectivity index (χ1v) is 7.55. The number of hydrogen-bond acceptors (Lipinski definition) is 4. The van der Waals surface area contributed by atoms with Crippen LogP contribution in [-0.2, 0) is 0 Å². The van der Waals surface area contributed by atoms with Crippen molar-refractivity contribution in [1.82, 2.24) is 10.2 Å². The fourth-order valence-electron chi connectivity index (χ4n) is 3.34. The van der Waals surface area contributed by atoms with Gasteiger partial charge in [0.15, 0.2) is 0 Å². The van der Waals surface area contributed by atoms with Crippen LogP contribution in [0.25, 0.3) is 0 Å². The van der Waals surface area contributed by atoms with Crippen molar-refractivity contribution >= 4 is 5.69 Å². The Bertz CT molecular complexity index is 528. The Labute approximate surface area is 123 Å². The molecule has 1 N–H and O–H groups in total. The summed E-state index contributed by atoms with van der Waals surface area (Å²) in [7, 11) is 0. The summed E-state index contributed by atoms with van der Waals surface area (Å²) < 4.78 is 14.3. The third-order valence-corrected chi connectivity index (χ3v) is 4.65. The molecule has 0 radical (unpaired) electrons. The van der Waals surface area contributed by atoms with E-state index >= 15 is 0 Å². The van der Waals surface area contributed by atoms with Gasteiger partial charge >= 0.3 is 0 Å². The zero-order valence-electron chi connectivity index (χ0n) is 11.9. The summed E-state index contributed by atoms with van der Waals surface area (Å²) in [5.41, 5.74) is 0.474. The highest BCUT2D eigenvalue weighted by Gasteiger charge is 2.35. The molecule has 1 atom stereocenters. The number of nitrogens with one attached hydrogen (secondary N) is 1. The highest BCUT2D eigenvalue weighted by molar-refractivity contribution is 5.37. The molecule has 0 bridgehead atoms. The maximum Gasteiger partial charge on any atom is 0.269 e. The van der Waals surface area contributed by atoms with Crippen molar-refractivity contribution in [3.8, 4) is 0 Å². The minimum absolute atomic E-state index is 0.0224. The number of hydrogen-bond donors (Lipinski definition) is 1. The van der Waals surface area contributed by atoms with Crippen molar-refractivity contribution in [2.45, 2.75) is 25.3 Å². The Morgan fingerprint density at radius 3 is 2.62 bits per heavy atom. The zero-order chi connectivity index (χ0) is 14.8. The van der Waals surface area contributed by atoms with Gasteiger partial charge in [-0.3, -0.25) is 15.0 Å². The summed E-state index contributed by atoms with van der Waals surface area (Å²) in [5.74, 6) is 0.0932. The number of piperazine rings is 1. The quantitative estimate of drug-likeness (QED) is 0.684. The van der Waals surface area contributed by atoms with Crippen molar-refractivity contribution < 1.29 is 9.31 Å². The number of benzene rings is 1. The van der Waals surface area contributed by atoms with E-state index in [9.17, 15) is 14.5 Å². The second-order valence-electron chi connectivity index (χ2n) is 5.88. The van der Waals surface area contributed by atoms with Crippen LogP contribution in [-0.4, -0.2) is 36.0 Å². The number of nitrogens with zero attached hydrogens (tertiary/aromatic N) is 2. The first-order chi connectivity index (χ1) is 10.2. The maximum absolute atomic E-state index is 14.3. The summed E-state index contributed by atoms with van der Waals surface area (Å²) in [6, 6.07) is 3.89. The van der Waals surface area contributed by atoms with Crippen molar-refractivity contribution in [3.05, 3.63) is 39.7 Å². The van der Waals surface area contributed by atoms with Crippen molar-refractivity contribution in [2.75, 3.05) is 26.2 Å². The van der Waals surface area contributed by atoms with Gasteiger partial charge in [0.05, 0.1) is 4.92 Å². The molecule has 2 fully saturated rings. The largest absolute Gasteiger partial charge is 0.314 e. The van der Waals surface area contributed by atoms with Crippen LogP contribution < -0.4 is 5.32 Å². The molecule has 2 aliphatic rings. The number of nitro benzene ring substituents is 1. The lowest BCUT2D eigenvalue weighted by Crippen LogP contribution is -2.48. The predicted molar refractivity (Wildman–Crippen MR) is 77.6 cm³/mol. The molecular formula is C15H20FN3O2. The van der Waals surface area contributed by atoms with Gasteiger partial charge < -0.3 is 5.32 Å². The van der Waals surface area contributed by atoms with E-state index in [0.29, 0.717) is 11.5 Å². The number of nitro groups is 1. The Morgan fingerprint density at radius 2 is 2.05 bits per heavy atom. The molecule has 114 valence electrons. The predicted octanol–water partition coefficient (Wildman–Crippen LogP) is 2.48. The van der Waals surface area contributed by atoms with Gasteiger partial charge in [-0.05, 0) is 24.8 Å². The van der Waals surface area contributed by atoms with Gasteiger partial charge in [0.2, 0.25) is 0 Å². The van der Waals surface area contributed by atoms with E-state index in [4.69, 9.17) is 0 Å². The average Bonchev–Trinajstić information content (AvgIpc) is 2.44. The third kappa shape index (κ3) is 2.91. The highest BCUT2D eigenvalue weighted by Crippen LogP contribution is 2.42. The van der Waals surface area contributed by atoms with E-state index in [0.717, 1.165) is 39.0 Å². The molecule has 0 spiro atoms.